The summed E-state index contributed by atoms with van der Waals surface area (Å²) in [5.74, 6) is 2.95. The Morgan fingerprint density at radius 1 is 1.12 bits per heavy atom. The summed E-state index contributed by atoms with van der Waals surface area (Å²) in [6.07, 6.45) is 4.91. The highest BCUT2D eigenvalue weighted by Crippen LogP contribution is 2.50. The maximum absolute atomic E-state index is 13.2. The van der Waals surface area contributed by atoms with E-state index in [2.05, 4.69) is 15.2 Å². The number of benzene rings is 1. The molecule has 216 valence electrons. The van der Waals surface area contributed by atoms with Crippen molar-refractivity contribution in [2.24, 2.45) is 17.8 Å². The van der Waals surface area contributed by atoms with E-state index in [0.29, 0.717) is 69.3 Å². The molecular weight excluding hydrogens is 534 g/mol. The third kappa shape index (κ3) is 4.97. The largest absolute Gasteiger partial charge is 0.496 e. The third-order valence-electron chi connectivity index (χ3n) is 9.42. The van der Waals surface area contributed by atoms with Gasteiger partial charge in [0.25, 0.3) is 11.5 Å². The zero-order chi connectivity index (χ0) is 28.1. The second-order valence-electron chi connectivity index (χ2n) is 11.7. The van der Waals surface area contributed by atoms with Crippen LogP contribution < -0.4 is 25.1 Å². The Morgan fingerprint density at radius 2 is 1.85 bits per heavy atom. The number of aromatic nitrogens is 1. The average molecular weight is 572 g/mol. The Morgan fingerprint density at radius 3 is 2.52 bits per heavy atom. The number of fused-ring (bicyclic) bond motifs is 2. The van der Waals surface area contributed by atoms with Crippen molar-refractivity contribution in [3.05, 3.63) is 49.9 Å². The highest BCUT2D eigenvalue weighted by Gasteiger charge is 2.57. The van der Waals surface area contributed by atoms with E-state index in [1.807, 2.05) is 14.0 Å². The van der Waals surface area contributed by atoms with Gasteiger partial charge in [-0.2, -0.15) is 0 Å². The number of likely N-dealkylation sites (tertiary alicyclic amines) is 1. The molecular formula is C30H38ClN3O6. The summed E-state index contributed by atoms with van der Waals surface area (Å²) in [6.45, 7) is 6.42. The molecule has 2 saturated carbocycles. The fraction of sp³-hybridized carbons (Fsp3) is 0.600. The first-order valence-corrected chi connectivity index (χ1v) is 14.6. The number of nitrogens with zero attached hydrogens (tertiary/aromatic N) is 1. The molecule has 40 heavy (non-hydrogen) atoms. The van der Waals surface area contributed by atoms with E-state index in [9.17, 15) is 9.59 Å². The van der Waals surface area contributed by atoms with Crippen LogP contribution in [-0.4, -0.2) is 68.0 Å². The lowest BCUT2D eigenvalue weighted by Crippen LogP contribution is -2.43. The summed E-state index contributed by atoms with van der Waals surface area (Å²) in [6, 6.07) is 3.97. The van der Waals surface area contributed by atoms with Crippen LogP contribution in [0.1, 0.15) is 52.9 Å². The zero-order valence-electron chi connectivity index (χ0n) is 23.6. The van der Waals surface area contributed by atoms with E-state index in [-0.39, 0.29) is 24.1 Å². The van der Waals surface area contributed by atoms with Crippen molar-refractivity contribution in [1.29, 1.82) is 0 Å². The molecule has 1 saturated heterocycles. The number of methoxy groups -OCH3 is 2. The minimum Gasteiger partial charge on any atom is -0.496 e. The highest BCUT2D eigenvalue weighted by atomic mass is 35.5. The zero-order valence-corrected chi connectivity index (χ0v) is 24.3. The van der Waals surface area contributed by atoms with Crippen LogP contribution in [0.15, 0.2) is 16.9 Å². The molecule has 2 N–H and O–H groups in total. The number of aryl methyl sites for hydroxylation is 1. The summed E-state index contributed by atoms with van der Waals surface area (Å²) in [4.78, 5) is 31.1. The second kappa shape index (κ2) is 10.9. The molecule has 3 fully saturated rings. The molecule has 10 heteroatoms. The number of halogens is 1. The lowest BCUT2D eigenvalue weighted by atomic mass is 9.82. The summed E-state index contributed by atoms with van der Waals surface area (Å²) < 4.78 is 23.6. The number of hydrogen-bond donors (Lipinski definition) is 2. The van der Waals surface area contributed by atoms with Crippen molar-refractivity contribution >= 4 is 17.5 Å². The predicted octanol–water partition coefficient (Wildman–Crippen LogP) is 3.86. The molecule has 1 amide bonds. The Balaban J connectivity index is 1.10. The Labute approximate surface area is 239 Å². The summed E-state index contributed by atoms with van der Waals surface area (Å²) >= 11 is 6.56. The number of aromatic amines is 1. The molecule has 0 bridgehead atoms. The van der Waals surface area contributed by atoms with Gasteiger partial charge in [-0.3, -0.25) is 14.5 Å². The Bertz CT molecular complexity index is 1340. The second-order valence-corrected chi connectivity index (χ2v) is 12.1. The van der Waals surface area contributed by atoms with E-state index < -0.39 is 0 Å². The van der Waals surface area contributed by atoms with E-state index in [1.165, 1.54) is 20.2 Å². The van der Waals surface area contributed by atoms with Gasteiger partial charge in [0.2, 0.25) is 0 Å². The van der Waals surface area contributed by atoms with Crippen molar-refractivity contribution in [3.8, 4) is 17.2 Å². The van der Waals surface area contributed by atoms with Crippen LogP contribution in [0.25, 0.3) is 0 Å². The highest BCUT2D eigenvalue weighted by molar-refractivity contribution is 6.32. The van der Waals surface area contributed by atoms with Crippen LogP contribution in [-0.2, 0) is 11.3 Å². The maximum atomic E-state index is 13.2. The topological polar surface area (TPSA) is 102 Å². The van der Waals surface area contributed by atoms with Crippen molar-refractivity contribution in [2.45, 2.75) is 64.3 Å². The number of amides is 1. The quantitative estimate of drug-likeness (QED) is 0.520. The smallest absolute Gasteiger partial charge is 0.256 e. The Kier molecular flexibility index (Phi) is 7.48. The van der Waals surface area contributed by atoms with Gasteiger partial charge in [0.1, 0.15) is 18.5 Å². The number of piperidine rings is 1. The molecule has 9 nitrogen and oxygen atoms in total. The summed E-state index contributed by atoms with van der Waals surface area (Å²) in [5, 5.41) is 3.17. The normalized spacial score (nSPS) is 29.1. The van der Waals surface area contributed by atoms with Gasteiger partial charge in [0.15, 0.2) is 11.5 Å². The first-order chi connectivity index (χ1) is 19.3. The molecule has 2 aliphatic heterocycles. The minimum absolute atomic E-state index is 0.0135. The fourth-order valence-corrected chi connectivity index (χ4v) is 7.34. The molecule has 2 aliphatic carbocycles. The number of nitrogens with one attached hydrogen (secondary N) is 2. The predicted molar refractivity (Wildman–Crippen MR) is 151 cm³/mol. The van der Waals surface area contributed by atoms with E-state index in [1.54, 1.807) is 19.1 Å². The molecule has 0 radical (unpaired) electrons. The molecule has 1 aromatic carbocycles. The maximum Gasteiger partial charge on any atom is 0.256 e. The first-order valence-electron chi connectivity index (χ1n) is 14.2. The molecule has 3 atom stereocenters. The molecule has 1 aromatic heterocycles. The van der Waals surface area contributed by atoms with E-state index >= 15 is 0 Å². The van der Waals surface area contributed by atoms with Crippen molar-refractivity contribution in [1.82, 2.24) is 15.2 Å². The van der Waals surface area contributed by atoms with Gasteiger partial charge >= 0.3 is 0 Å². The standard InChI is InChI=1S/C30H38ClN3O6/c1-15-9-24(37-3)20(30(36)33-15)11-32-29(35)19-10-23(31)28-26(16(19)2)40-25(14-39-28)17-5-7-18(8-6-17)34-12-21-22(13-34)27(21)38-4/h9-10,17-18,21-22,25,27H,5-8,11-14H2,1-4H3,(H,32,35)(H,33,36)/t17?,18?,21?,22?,25-,27?/m1/s1. The van der Waals surface area contributed by atoms with Crippen LogP contribution >= 0.6 is 11.6 Å². The summed E-state index contributed by atoms with van der Waals surface area (Å²) in [5.41, 5.74) is 1.79. The van der Waals surface area contributed by atoms with Crippen molar-refractivity contribution in [3.63, 3.8) is 0 Å². The minimum atomic E-state index is -0.352. The van der Waals surface area contributed by atoms with E-state index in [0.717, 1.165) is 37.5 Å². The third-order valence-corrected chi connectivity index (χ3v) is 9.70. The van der Waals surface area contributed by atoms with Crippen LogP contribution in [0, 0.1) is 31.6 Å². The van der Waals surface area contributed by atoms with Gasteiger partial charge in [0, 0.05) is 54.9 Å². The number of carbonyl (C=O) groups is 1. The monoisotopic (exact) mass is 571 g/mol. The molecule has 2 unspecified atom stereocenters. The number of pyridine rings is 1. The van der Waals surface area contributed by atoms with Gasteiger partial charge in [-0.15, -0.1) is 0 Å². The fourth-order valence-electron chi connectivity index (χ4n) is 7.09. The van der Waals surface area contributed by atoms with Crippen molar-refractivity contribution in [2.75, 3.05) is 33.9 Å². The molecule has 2 aromatic rings. The number of carbonyl (C=O) groups excluding carboxylic acids is 1. The summed E-state index contributed by atoms with van der Waals surface area (Å²) in [7, 11) is 3.33. The molecule has 4 aliphatic rings. The van der Waals surface area contributed by atoms with Gasteiger partial charge in [-0.1, -0.05) is 11.6 Å². The number of ether oxygens (including phenoxy) is 4. The van der Waals surface area contributed by atoms with Crippen LogP contribution in [0.5, 0.6) is 17.2 Å². The molecule has 0 spiro atoms. The molecule has 6 rings (SSSR count). The average Bonchev–Trinajstić information content (AvgIpc) is 3.43. The van der Waals surface area contributed by atoms with E-state index in [4.69, 9.17) is 30.5 Å². The lowest BCUT2D eigenvalue weighted by Gasteiger charge is -2.40. The van der Waals surface area contributed by atoms with Crippen LogP contribution in [0.3, 0.4) is 0 Å². The van der Waals surface area contributed by atoms with Gasteiger partial charge in [0.05, 0.1) is 30.3 Å². The van der Waals surface area contributed by atoms with Crippen molar-refractivity contribution < 1.29 is 23.7 Å². The van der Waals surface area contributed by atoms with Gasteiger partial charge < -0.3 is 29.2 Å². The van der Waals surface area contributed by atoms with Gasteiger partial charge in [-0.05, 0) is 57.6 Å². The SMILES string of the molecule is COc1cc(C)[nH]c(=O)c1CNC(=O)c1cc(Cl)c2c(c1C)O[C@@H](C1CCC(N3CC4C(C3)C4OC)CC1)CO2. The number of hydrogen-bond acceptors (Lipinski definition) is 7. The van der Waals surface area contributed by atoms with Crippen LogP contribution in [0.4, 0.5) is 0 Å². The van der Waals surface area contributed by atoms with Crippen LogP contribution in [0.2, 0.25) is 5.02 Å². The number of H-pyrrole nitrogens is 1. The lowest BCUT2D eigenvalue weighted by molar-refractivity contribution is 0.0184. The van der Waals surface area contributed by atoms with Gasteiger partial charge in [-0.25, -0.2) is 0 Å². The first kappa shape index (κ1) is 27.4. The molecule has 3 heterocycles. The Hall–Kier alpha value is -2.75. The number of rotatable bonds is 7.